The fraction of sp³-hybridized carbons (Fsp3) is 0.214. The number of nitrogens with one attached hydrogen (secondary N) is 1. The molecule has 2 heterocycles. The summed E-state index contributed by atoms with van der Waals surface area (Å²) in [5.41, 5.74) is 2.33. The SMILES string of the molecule is O=C(CSc1nnc(COc2ccccc2)o1)Nc1ccc(N2CCN(C(=O)c3cccc(Cl)c3)CC2)cc1. The Morgan fingerprint density at radius 3 is 2.46 bits per heavy atom. The van der Waals surface area contributed by atoms with Crippen molar-refractivity contribution in [2.75, 3.05) is 42.1 Å². The zero-order chi connectivity index (χ0) is 27.0. The Balaban J connectivity index is 1.05. The number of aromatic nitrogens is 2. The first kappa shape index (κ1) is 26.6. The number of nitrogens with zero attached hydrogens (tertiary/aromatic N) is 4. The van der Waals surface area contributed by atoms with Crippen molar-refractivity contribution in [2.45, 2.75) is 11.8 Å². The molecule has 1 aromatic heterocycles. The zero-order valence-electron chi connectivity index (χ0n) is 21.0. The molecule has 1 aliphatic rings. The molecule has 11 heteroatoms. The van der Waals surface area contributed by atoms with Crippen LogP contribution in [0.25, 0.3) is 0 Å². The van der Waals surface area contributed by atoms with Gasteiger partial charge in [-0.1, -0.05) is 47.6 Å². The van der Waals surface area contributed by atoms with Gasteiger partial charge < -0.3 is 24.3 Å². The van der Waals surface area contributed by atoms with E-state index in [9.17, 15) is 9.59 Å². The average Bonchev–Trinajstić information content (AvgIpc) is 3.44. The van der Waals surface area contributed by atoms with E-state index in [0.29, 0.717) is 46.2 Å². The van der Waals surface area contributed by atoms with Crippen molar-refractivity contribution in [3.05, 3.63) is 95.3 Å². The van der Waals surface area contributed by atoms with Gasteiger partial charge in [-0.2, -0.15) is 0 Å². The number of carbonyl (C=O) groups is 2. The second-order valence-corrected chi connectivity index (χ2v) is 10.1. The lowest BCUT2D eigenvalue weighted by atomic mass is 10.1. The van der Waals surface area contributed by atoms with Crippen molar-refractivity contribution < 1.29 is 18.7 Å². The Kier molecular flexibility index (Phi) is 8.65. The molecule has 200 valence electrons. The quantitative estimate of drug-likeness (QED) is 0.284. The van der Waals surface area contributed by atoms with Crippen LogP contribution in [-0.4, -0.2) is 58.8 Å². The van der Waals surface area contributed by atoms with E-state index in [1.54, 1.807) is 24.3 Å². The molecule has 1 aliphatic heterocycles. The monoisotopic (exact) mass is 563 g/mol. The number of hydrogen-bond donors (Lipinski definition) is 1. The molecule has 0 spiro atoms. The van der Waals surface area contributed by atoms with Crippen molar-refractivity contribution in [1.29, 1.82) is 0 Å². The van der Waals surface area contributed by atoms with Crippen LogP contribution in [0.1, 0.15) is 16.2 Å². The second kappa shape index (κ2) is 12.7. The van der Waals surface area contributed by atoms with Crippen LogP contribution in [0.15, 0.2) is 88.5 Å². The summed E-state index contributed by atoms with van der Waals surface area (Å²) in [7, 11) is 0. The summed E-state index contributed by atoms with van der Waals surface area (Å²) in [6.45, 7) is 2.84. The summed E-state index contributed by atoms with van der Waals surface area (Å²) in [5.74, 6) is 0.992. The number of halogens is 1. The van der Waals surface area contributed by atoms with Gasteiger partial charge in [0.05, 0.1) is 5.75 Å². The average molecular weight is 564 g/mol. The number of amides is 2. The van der Waals surface area contributed by atoms with Gasteiger partial charge in [-0.25, -0.2) is 0 Å². The van der Waals surface area contributed by atoms with Crippen LogP contribution in [-0.2, 0) is 11.4 Å². The smallest absolute Gasteiger partial charge is 0.277 e. The molecule has 0 bridgehead atoms. The standard InChI is InChI=1S/C28H26ClN5O4S/c29-21-6-4-5-20(17-21)27(36)34-15-13-33(14-16-34)23-11-9-22(10-12-23)30-25(35)19-39-28-32-31-26(38-28)18-37-24-7-2-1-3-8-24/h1-12,17H,13-16,18-19H2,(H,30,35). The van der Waals surface area contributed by atoms with Gasteiger partial charge in [0.2, 0.25) is 5.91 Å². The van der Waals surface area contributed by atoms with Crippen molar-refractivity contribution >= 4 is 46.6 Å². The van der Waals surface area contributed by atoms with Crippen LogP contribution >= 0.6 is 23.4 Å². The van der Waals surface area contributed by atoms with Crippen LogP contribution in [0.2, 0.25) is 5.02 Å². The third-order valence-corrected chi connectivity index (χ3v) is 7.09. The minimum atomic E-state index is -0.179. The largest absolute Gasteiger partial charge is 0.484 e. The van der Waals surface area contributed by atoms with E-state index in [0.717, 1.165) is 30.5 Å². The third-order valence-electron chi connectivity index (χ3n) is 6.04. The van der Waals surface area contributed by atoms with E-state index >= 15 is 0 Å². The van der Waals surface area contributed by atoms with E-state index in [4.69, 9.17) is 20.8 Å². The van der Waals surface area contributed by atoms with E-state index in [1.165, 1.54) is 0 Å². The molecule has 1 N–H and O–H groups in total. The maximum Gasteiger partial charge on any atom is 0.277 e. The number of benzene rings is 3. The lowest BCUT2D eigenvalue weighted by molar-refractivity contribution is -0.113. The van der Waals surface area contributed by atoms with E-state index in [2.05, 4.69) is 20.4 Å². The molecular weight excluding hydrogens is 538 g/mol. The molecular formula is C28H26ClN5O4S. The molecule has 2 amide bonds. The summed E-state index contributed by atoms with van der Waals surface area (Å²) >= 11 is 7.19. The number of para-hydroxylation sites is 1. The molecule has 5 rings (SSSR count). The topological polar surface area (TPSA) is 101 Å². The molecule has 0 aliphatic carbocycles. The van der Waals surface area contributed by atoms with E-state index in [1.807, 2.05) is 59.5 Å². The molecule has 0 unspecified atom stereocenters. The van der Waals surface area contributed by atoms with E-state index < -0.39 is 0 Å². The Hall–Kier alpha value is -4.02. The highest BCUT2D eigenvalue weighted by molar-refractivity contribution is 7.99. The highest BCUT2D eigenvalue weighted by Gasteiger charge is 2.22. The summed E-state index contributed by atoms with van der Waals surface area (Å²) in [5, 5.41) is 11.7. The Morgan fingerprint density at radius 2 is 1.72 bits per heavy atom. The number of ether oxygens (including phenoxy) is 1. The van der Waals surface area contributed by atoms with Crippen molar-refractivity contribution in [2.24, 2.45) is 0 Å². The zero-order valence-corrected chi connectivity index (χ0v) is 22.5. The fourth-order valence-electron chi connectivity index (χ4n) is 4.07. The van der Waals surface area contributed by atoms with Crippen LogP contribution in [0.4, 0.5) is 11.4 Å². The first-order chi connectivity index (χ1) is 19.0. The van der Waals surface area contributed by atoms with Crippen molar-refractivity contribution in [1.82, 2.24) is 15.1 Å². The second-order valence-electron chi connectivity index (χ2n) is 8.74. The van der Waals surface area contributed by atoms with Gasteiger partial charge >= 0.3 is 0 Å². The molecule has 1 fully saturated rings. The minimum absolute atomic E-state index is 0.00893. The molecule has 39 heavy (non-hydrogen) atoms. The fourth-order valence-corrected chi connectivity index (χ4v) is 4.84. The molecule has 9 nitrogen and oxygen atoms in total. The molecule has 1 saturated heterocycles. The first-order valence-electron chi connectivity index (χ1n) is 12.4. The highest BCUT2D eigenvalue weighted by atomic mass is 35.5. The normalized spacial score (nSPS) is 13.3. The number of hydrogen-bond acceptors (Lipinski definition) is 8. The first-order valence-corrected chi connectivity index (χ1v) is 13.7. The predicted octanol–water partition coefficient (Wildman–Crippen LogP) is 5.00. The molecule has 3 aromatic carbocycles. The van der Waals surface area contributed by atoms with Gasteiger partial charge in [0.1, 0.15) is 5.75 Å². The van der Waals surface area contributed by atoms with Gasteiger partial charge in [-0.3, -0.25) is 9.59 Å². The van der Waals surface area contributed by atoms with Gasteiger partial charge in [0.25, 0.3) is 17.0 Å². The molecule has 4 aromatic rings. The molecule has 0 saturated carbocycles. The summed E-state index contributed by atoms with van der Waals surface area (Å²) in [6, 6.07) is 24.1. The Morgan fingerprint density at radius 1 is 0.949 bits per heavy atom. The van der Waals surface area contributed by atoms with Crippen LogP contribution in [0.3, 0.4) is 0 Å². The van der Waals surface area contributed by atoms with Crippen LogP contribution in [0.5, 0.6) is 5.75 Å². The predicted molar refractivity (Wildman–Crippen MR) is 150 cm³/mol. The summed E-state index contributed by atoms with van der Waals surface area (Å²) < 4.78 is 11.1. The van der Waals surface area contributed by atoms with E-state index in [-0.39, 0.29) is 24.2 Å². The molecule has 0 atom stereocenters. The highest BCUT2D eigenvalue weighted by Crippen LogP contribution is 2.22. The van der Waals surface area contributed by atoms with Gasteiger partial charge in [0, 0.05) is 48.1 Å². The minimum Gasteiger partial charge on any atom is -0.484 e. The molecule has 0 radical (unpaired) electrons. The number of rotatable bonds is 9. The Labute approximate surface area is 235 Å². The van der Waals surface area contributed by atoms with Crippen LogP contribution < -0.4 is 15.0 Å². The maximum absolute atomic E-state index is 12.8. The number of carbonyl (C=O) groups excluding carboxylic acids is 2. The summed E-state index contributed by atoms with van der Waals surface area (Å²) in [6.07, 6.45) is 0. The number of thioether (sulfide) groups is 1. The van der Waals surface area contributed by atoms with Crippen molar-refractivity contribution in [3.63, 3.8) is 0 Å². The van der Waals surface area contributed by atoms with Gasteiger partial charge in [-0.05, 0) is 54.6 Å². The lowest BCUT2D eigenvalue weighted by Gasteiger charge is -2.36. The van der Waals surface area contributed by atoms with Crippen LogP contribution in [0, 0.1) is 0 Å². The summed E-state index contributed by atoms with van der Waals surface area (Å²) in [4.78, 5) is 29.2. The van der Waals surface area contributed by atoms with Gasteiger partial charge in [0.15, 0.2) is 6.61 Å². The number of piperazine rings is 1. The van der Waals surface area contributed by atoms with Gasteiger partial charge in [-0.15, -0.1) is 10.2 Å². The van der Waals surface area contributed by atoms with Crippen molar-refractivity contribution in [3.8, 4) is 5.75 Å². The lowest BCUT2D eigenvalue weighted by Crippen LogP contribution is -2.48. The number of anilines is 2. The maximum atomic E-state index is 12.8. The third kappa shape index (κ3) is 7.30. The Bertz CT molecular complexity index is 1410.